The van der Waals surface area contributed by atoms with Crippen LogP contribution in [-0.4, -0.2) is 17.2 Å². The third kappa shape index (κ3) is 4.19. The Morgan fingerprint density at radius 2 is 2.00 bits per heavy atom. The molecule has 0 saturated carbocycles. The highest BCUT2D eigenvalue weighted by atomic mass is 32.1. The van der Waals surface area contributed by atoms with E-state index in [1.807, 2.05) is 24.3 Å². The highest BCUT2D eigenvalue weighted by molar-refractivity contribution is 7.80. The van der Waals surface area contributed by atoms with Gasteiger partial charge in [0.15, 0.2) is 5.11 Å². The number of fused-ring (bicyclic) bond motifs is 1. The molecule has 27 heavy (non-hydrogen) atoms. The van der Waals surface area contributed by atoms with E-state index in [4.69, 9.17) is 17.0 Å². The van der Waals surface area contributed by atoms with Crippen LogP contribution in [0.5, 0.6) is 5.75 Å². The van der Waals surface area contributed by atoms with E-state index < -0.39 is 0 Å². The quantitative estimate of drug-likeness (QED) is 0.589. The standard InChI is InChI=1S/C22H25N3OS/c1-5-18(16-9-8-14(2)13-15(16)3)24-22(27)25-19-10-11-20(26-4)21-17(19)7-6-12-23-21/h6-13,18H,5H2,1-4H3,(H2,24,25,27)/t18-/m1/s1. The van der Waals surface area contributed by atoms with Gasteiger partial charge in [0.2, 0.25) is 0 Å². The van der Waals surface area contributed by atoms with Gasteiger partial charge in [0.05, 0.1) is 13.2 Å². The van der Waals surface area contributed by atoms with Crippen molar-refractivity contribution in [2.24, 2.45) is 0 Å². The maximum absolute atomic E-state index is 5.60. The second-order valence-corrected chi connectivity index (χ2v) is 7.04. The monoisotopic (exact) mass is 379 g/mol. The molecule has 0 unspecified atom stereocenters. The molecule has 5 heteroatoms. The topological polar surface area (TPSA) is 46.2 Å². The van der Waals surface area contributed by atoms with Crippen molar-refractivity contribution in [2.75, 3.05) is 12.4 Å². The van der Waals surface area contributed by atoms with Gasteiger partial charge in [-0.1, -0.05) is 30.7 Å². The van der Waals surface area contributed by atoms with Crippen LogP contribution in [0, 0.1) is 13.8 Å². The zero-order valence-electron chi connectivity index (χ0n) is 16.2. The van der Waals surface area contributed by atoms with Crippen molar-refractivity contribution in [3.05, 3.63) is 65.4 Å². The molecule has 0 aliphatic rings. The molecule has 4 nitrogen and oxygen atoms in total. The van der Waals surface area contributed by atoms with Crippen molar-refractivity contribution < 1.29 is 4.74 Å². The third-order valence-corrected chi connectivity index (χ3v) is 4.93. The second-order valence-electron chi connectivity index (χ2n) is 6.63. The highest BCUT2D eigenvalue weighted by Gasteiger charge is 2.14. The molecule has 0 spiro atoms. The van der Waals surface area contributed by atoms with Gasteiger partial charge in [0, 0.05) is 17.3 Å². The van der Waals surface area contributed by atoms with Gasteiger partial charge in [-0.3, -0.25) is 4.98 Å². The molecule has 0 aliphatic carbocycles. The van der Waals surface area contributed by atoms with Gasteiger partial charge in [-0.15, -0.1) is 0 Å². The largest absolute Gasteiger partial charge is 0.494 e. The molecule has 0 saturated heterocycles. The van der Waals surface area contributed by atoms with E-state index in [-0.39, 0.29) is 6.04 Å². The van der Waals surface area contributed by atoms with Crippen LogP contribution in [0.1, 0.15) is 36.1 Å². The minimum Gasteiger partial charge on any atom is -0.494 e. The van der Waals surface area contributed by atoms with Gasteiger partial charge >= 0.3 is 0 Å². The van der Waals surface area contributed by atoms with Crippen LogP contribution in [0.3, 0.4) is 0 Å². The van der Waals surface area contributed by atoms with E-state index in [9.17, 15) is 0 Å². The average molecular weight is 380 g/mol. The Kier molecular flexibility index (Phi) is 5.91. The van der Waals surface area contributed by atoms with Crippen molar-refractivity contribution >= 4 is 33.9 Å². The highest BCUT2D eigenvalue weighted by Crippen LogP contribution is 2.30. The van der Waals surface area contributed by atoms with Gasteiger partial charge in [-0.25, -0.2) is 0 Å². The van der Waals surface area contributed by atoms with E-state index in [0.29, 0.717) is 5.11 Å². The summed E-state index contributed by atoms with van der Waals surface area (Å²) >= 11 is 5.60. The second kappa shape index (κ2) is 8.35. The lowest BCUT2D eigenvalue weighted by Gasteiger charge is -2.22. The molecule has 0 fully saturated rings. The Morgan fingerprint density at radius 1 is 1.19 bits per heavy atom. The van der Waals surface area contributed by atoms with Crippen LogP contribution in [0.4, 0.5) is 5.69 Å². The molecule has 0 aliphatic heterocycles. The van der Waals surface area contributed by atoms with E-state index in [1.165, 1.54) is 16.7 Å². The lowest BCUT2D eigenvalue weighted by molar-refractivity contribution is 0.419. The Balaban J connectivity index is 1.82. The zero-order chi connectivity index (χ0) is 19.4. The first kappa shape index (κ1) is 19.1. The summed E-state index contributed by atoms with van der Waals surface area (Å²) in [5.41, 5.74) is 5.54. The molecular weight excluding hydrogens is 354 g/mol. The Bertz CT molecular complexity index is 971. The molecule has 3 aromatic rings. The third-order valence-electron chi connectivity index (χ3n) is 4.72. The summed E-state index contributed by atoms with van der Waals surface area (Å²) in [5, 5.41) is 8.35. The minimum absolute atomic E-state index is 0.160. The van der Waals surface area contributed by atoms with E-state index in [1.54, 1.807) is 13.3 Å². The Labute approximate surface area is 166 Å². The number of aromatic nitrogens is 1. The molecular formula is C22H25N3OS. The van der Waals surface area contributed by atoms with Crippen molar-refractivity contribution in [1.82, 2.24) is 10.3 Å². The van der Waals surface area contributed by atoms with Crippen molar-refractivity contribution in [3.8, 4) is 5.75 Å². The van der Waals surface area contributed by atoms with Gasteiger partial charge in [0.1, 0.15) is 11.3 Å². The minimum atomic E-state index is 0.160. The van der Waals surface area contributed by atoms with Gasteiger partial charge in [-0.2, -0.15) is 0 Å². The first-order valence-electron chi connectivity index (χ1n) is 9.10. The fraction of sp³-hybridized carbons (Fsp3) is 0.273. The average Bonchev–Trinajstić information content (AvgIpc) is 2.67. The fourth-order valence-corrected chi connectivity index (χ4v) is 3.61. The molecule has 1 atom stereocenters. The number of hydrogen-bond acceptors (Lipinski definition) is 3. The number of ether oxygens (including phenoxy) is 1. The number of thiocarbonyl (C=S) groups is 1. The summed E-state index contributed by atoms with van der Waals surface area (Å²) in [5.74, 6) is 0.747. The number of pyridine rings is 1. The summed E-state index contributed by atoms with van der Waals surface area (Å²) in [7, 11) is 1.65. The maximum atomic E-state index is 5.60. The van der Waals surface area contributed by atoms with Crippen LogP contribution >= 0.6 is 12.2 Å². The lowest BCUT2D eigenvalue weighted by Crippen LogP contribution is -2.32. The number of hydrogen-bond donors (Lipinski definition) is 2. The van der Waals surface area contributed by atoms with Crippen molar-refractivity contribution in [1.29, 1.82) is 0 Å². The lowest BCUT2D eigenvalue weighted by atomic mass is 9.98. The number of rotatable bonds is 5. The number of aryl methyl sites for hydroxylation is 2. The zero-order valence-corrected chi connectivity index (χ0v) is 17.0. The number of benzene rings is 2. The molecule has 0 amide bonds. The molecule has 3 rings (SSSR count). The van der Waals surface area contributed by atoms with E-state index >= 15 is 0 Å². The first-order valence-corrected chi connectivity index (χ1v) is 9.50. The maximum Gasteiger partial charge on any atom is 0.171 e. The molecule has 0 radical (unpaired) electrons. The van der Waals surface area contributed by atoms with Crippen LogP contribution in [0.2, 0.25) is 0 Å². The molecule has 2 aromatic carbocycles. The summed E-state index contributed by atoms with van der Waals surface area (Å²) in [4.78, 5) is 4.44. The summed E-state index contributed by atoms with van der Waals surface area (Å²) < 4.78 is 5.41. The van der Waals surface area contributed by atoms with Crippen molar-refractivity contribution in [2.45, 2.75) is 33.2 Å². The Hall–Kier alpha value is -2.66. The Morgan fingerprint density at radius 3 is 2.70 bits per heavy atom. The molecule has 1 aromatic heterocycles. The number of anilines is 1. The summed E-state index contributed by atoms with van der Waals surface area (Å²) in [6.07, 6.45) is 2.70. The predicted octanol–water partition coefficient (Wildman–Crippen LogP) is 5.30. The summed E-state index contributed by atoms with van der Waals surface area (Å²) in [6.45, 7) is 6.41. The van der Waals surface area contributed by atoms with Crippen LogP contribution < -0.4 is 15.4 Å². The molecule has 1 heterocycles. The van der Waals surface area contributed by atoms with Crippen LogP contribution in [0.15, 0.2) is 48.7 Å². The molecule has 0 bridgehead atoms. The van der Waals surface area contributed by atoms with E-state index in [0.717, 1.165) is 28.8 Å². The SMILES string of the molecule is CC[C@@H](NC(=S)Nc1ccc(OC)c2ncccc12)c1ccc(C)cc1C. The fourth-order valence-electron chi connectivity index (χ4n) is 3.35. The number of nitrogens with zero attached hydrogens (tertiary/aromatic N) is 1. The van der Waals surface area contributed by atoms with E-state index in [2.05, 4.69) is 54.6 Å². The van der Waals surface area contributed by atoms with Crippen LogP contribution in [0.25, 0.3) is 10.9 Å². The number of methoxy groups -OCH3 is 1. The van der Waals surface area contributed by atoms with Gasteiger partial charge in [0.25, 0.3) is 0 Å². The number of nitrogens with one attached hydrogen (secondary N) is 2. The predicted molar refractivity (Wildman–Crippen MR) is 117 cm³/mol. The van der Waals surface area contributed by atoms with Crippen LogP contribution in [-0.2, 0) is 0 Å². The normalized spacial score (nSPS) is 11.9. The van der Waals surface area contributed by atoms with Gasteiger partial charge in [-0.05, 0) is 67.9 Å². The first-order chi connectivity index (χ1) is 13.0. The van der Waals surface area contributed by atoms with Crippen molar-refractivity contribution in [3.63, 3.8) is 0 Å². The molecule has 2 N–H and O–H groups in total. The smallest absolute Gasteiger partial charge is 0.171 e. The summed E-state index contributed by atoms with van der Waals surface area (Å²) in [6, 6.07) is 14.5. The van der Waals surface area contributed by atoms with Gasteiger partial charge < -0.3 is 15.4 Å². The molecule has 140 valence electrons.